The van der Waals surface area contributed by atoms with Gasteiger partial charge in [0.05, 0.1) is 33.5 Å². The highest BCUT2D eigenvalue weighted by atomic mass is 32.1. The smallest absolute Gasteiger partial charge is 0.261 e. The molecule has 6 rings (SSSR count). The molecule has 5 heteroatoms. The highest BCUT2D eigenvalue weighted by Crippen LogP contribution is 2.33. The third kappa shape index (κ3) is 4.18. The third-order valence-corrected chi connectivity index (χ3v) is 7.02. The SMILES string of the molecule is O=C(c1cc(-c2ccccc2)nc2ccccc12)N(Cc1ccccc1)c1nc2ccccc2s1. The average molecular weight is 472 g/mol. The van der Waals surface area contributed by atoms with E-state index in [9.17, 15) is 4.79 Å². The van der Waals surface area contributed by atoms with E-state index in [-0.39, 0.29) is 5.91 Å². The number of nitrogens with zero attached hydrogens (tertiary/aromatic N) is 3. The molecule has 0 N–H and O–H groups in total. The van der Waals surface area contributed by atoms with Crippen LogP contribution < -0.4 is 4.90 Å². The number of thiazole rings is 1. The second kappa shape index (κ2) is 9.12. The minimum absolute atomic E-state index is 0.0938. The van der Waals surface area contributed by atoms with E-state index >= 15 is 0 Å². The lowest BCUT2D eigenvalue weighted by Crippen LogP contribution is -2.30. The summed E-state index contributed by atoms with van der Waals surface area (Å²) in [5.74, 6) is -0.0938. The number of hydrogen-bond donors (Lipinski definition) is 0. The lowest BCUT2D eigenvalue weighted by atomic mass is 10.0. The summed E-state index contributed by atoms with van der Waals surface area (Å²) >= 11 is 1.53. The lowest BCUT2D eigenvalue weighted by Gasteiger charge is -2.21. The maximum Gasteiger partial charge on any atom is 0.261 e. The van der Waals surface area contributed by atoms with Gasteiger partial charge in [-0.1, -0.05) is 102 Å². The van der Waals surface area contributed by atoms with Crippen LogP contribution in [0, 0.1) is 0 Å². The zero-order valence-electron chi connectivity index (χ0n) is 18.8. The number of aromatic nitrogens is 2. The molecule has 4 nitrogen and oxygen atoms in total. The molecule has 0 aliphatic carbocycles. The van der Waals surface area contributed by atoms with Crippen LogP contribution in [0.15, 0.2) is 115 Å². The van der Waals surface area contributed by atoms with E-state index in [1.54, 1.807) is 4.90 Å². The van der Waals surface area contributed by atoms with Gasteiger partial charge in [0.1, 0.15) is 0 Å². The van der Waals surface area contributed by atoms with Crippen molar-refractivity contribution < 1.29 is 4.79 Å². The fraction of sp³-hybridized carbons (Fsp3) is 0.0333. The first-order chi connectivity index (χ1) is 17.3. The Labute approximate surface area is 207 Å². The van der Waals surface area contributed by atoms with Crippen LogP contribution in [-0.2, 0) is 6.54 Å². The second-order valence-corrected chi connectivity index (χ2v) is 9.29. The van der Waals surface area contributed by atoms with E-state index in [2.05, 4.69) is 0 Å². The summed E-state index contributed by atoms with van der Waals surface area (Å²) in [6.45, 7) is 0.427. The van der Waals surface area contributed by atoms with Crippen molar-refractivity contribution in [2.45, 2.75) is 6.54 Å². The molecule has 0 aliphatic heterocycles. The van der Waals surface area contributed by atoms with E-state index in [0.717, 1.165) is 37.9 Å². The summed E-state index contributed by atoms with van der Waals surface area (Å²) < 4.78 is 1.05. The first-order valence-electron chi connectivity index (χ1n) is 11.4. The topological polar surface area (TPSA) is 46.1 Å². The van der Waals surface area contributed by atoms with Crippen LogP contribution >= 0.6 is 11.3 Å². The van der Waals surface area contributed by atoms with Gasteiger partial charge in [0.15, 0.2) is 5.13 Å². The molecule has 2 heterocycles. The number of hydrogen-bond acceptors (Lipinski definition) is 4. The van der Waals surface area contributed by atoms with E-state index in [1.165, 1.54) is 11.3 Å². The second-order valence-electron chi connectivity index (χ2n) is 8.28. The maximum atomic E-state index is 14.3. The number of carbonyl (C=O) groups excluding carboxylic acids is 1. The van der Waals surface area contributed by atoms with Crippen molar-refractivity contribution in [3.8, 4) is 11.3 Å². The normalized spacial score (nSPS) is 11.1. The quantitative estimate of drug-likeness (QED) is 0.264. The van der Waals surface area contributed by atoms with Gasteiger partial charge in [-0.3, -0.25) is 9.69 Å². The van der Waals surface area contributed by atoms with Gasteiger partial charge in [-0.2, -0.15) is 0 Å². The van der Waals surface area contributed by atoms with Crippen molar-refractivity contribution >= 4 is 43.5 Å². The number of para-hydroxylation sites is 2. The van der Waals surface area contributed by atoms with E-state index < -0.39 is 0 Å². The summed E-state index contributed by atoms with van der Waals surface area (Å²) in [7, 11) is 0. The van der Waals surface area contributed by atoms with Gasteiger partial charge < -0.3 is 0 Å². The molecule has 168 valence electrons. The number of carbonyl (C=O) groups is 1. The van der Waals surface area contributed by atoms with Gasteiger partial charge in [-0.25, -0.2) is 9.97 Å². The van der Waals surface area contributed by atoms with Crippen LogP contribution in [0.2, 0.25) is 0 Å². The predicted molar refractivity (Wildman–Crippen MR) is 144 cm³/mol. The maximum absolute atomic E-state index is 14.3. The average Bonchev–Trinajstić information content (AvgIpc) is 3.36. The summed E-state index contributed by atoms with van der Waals surface area (Å²) in [6, 6.07) is 37.7. The molecule has 0 bridgehead atoms. The molecule has 1 amide bonds. The zero-order valence-corrected chi connectivity index (χ0v) is 19.7. The molecule has 0 spiro atoms. The molecule has 2 aromatic heterocycles. The van der Waals surface area contributed by atoms with Crippen LogP contribution in [-0.4, -0.2) is 15.9 Å². The van der Waals surface area contributed by atoms with Crippen LogP contribution in [0.5, 0.6) is 0 Å². The fourth-order valence-corrected chi connectivity index (χ4v) is 5.19. The fourth-order valence-electron chi connectivity index (χ4n) is 4.22. The largest absolute Gasteiger partial charge is 0.279 e. The van der Waals surface area contributed by atoms with Crippen LogP contribution in [0.4, 0.5) is 5.13 Å². The first-order valence-corrected chi connectivity index (χ1v) is 12.2. The minimum atomic E-state index is -0.0938. The van der Waals surface area contributed by atoms with Crippen molar-refractivity contribution in [1.82, 2.24) is 9.97 Å². The first kappa shape index (κ1) is 21.2. The lowest BCUT2D eigenvalue weighted by molar-refractivity contribution is 0.0986. The molecular formula is C30H21N3OS. The number of amides is 1. The van der Waals surface area contributed by atoms with Gasteiger partial charge in [0.25, 0.3) is 5.91 Å². The highest BCUT2D eigenvalue weighted by Gasteiger charge is 2.24. The van der Waals surface area contributed by atoms with Gasteiger partial charge >= 0.3 is 0 Å². The Balaban J connectivity index is 1.52. The molecule has 0 atom stereocenters. The molecule has 0 saturated carbocycles. The van der Waals surface area contributed by atoms with Crippen molar-refractivity contribution in [3.05, 3.63) is 126 Å². The summed E-state index contributed by atoms with van der Waals surface area (Å²) in [5.41, 5.74) is 5.09. The molecule has 6 aromatic rings. The number of anilines is 1. The number of benzene rings is 4. The van der Waals surface area contributed by atoms with Crippen LogP contribution in [0.25, 0.3) is 32.4 Å². The molecule has 35 heavy (non-hydrogen) atoms. The van der Waals surface area contributed by atoms with Crippen molar-refractivity contribution in [1.29, 1.82) is 0 Å². The number of rotatable bonds is 5. The molecule has 0 fully saturated rings. The minimum Gasteiger partial charge on any atom is -0.279 e. The van der Waals surface area contributed by atoms with Crippen molar-refractivity contribution in [3.63, 3.8) is 0 Å². The third-order valence-electron chi connectivity index (χ3n) is 5.96. The summed E-state index contributed by atoms with van der Waals surface area (Å²) in [5, 5.41) is 1.51. The van der Waals surface area contributed by atoms with Crippen molar-refractivity contribution in [2.75, 3.05) is 4.90 Å². The molecule has 0 radical (unpaired) electrons. The van der Waals surface area contributed by atoms with E-state index in [1.807, 2.05) is 115 Å². The van der Waals surface area contributed by atoms with Gasteiger partial charge in [0.2, 0.25) is 0 Å². The molecule has 0 aliphatic rings. The molecule has 4 aromatic carbocycles. The monoisotopic (exact) mass is 471 g/mol. The number of pyridine rings is 1. The molecule has 0 unspecified atom stereocenters. The Morgan fingerprint density at radius 1 is 0.714 bits per heavy atom. The standard InChI is InChI=1S/C30H21N3OS/c34-29(24-19-27(22-13-5-2-6-14-22)31-25-16-8-7-15-23(24)25)33(20-21-11-3-1-4-12-21)30-32-26-17-9-10-18-28(26)35-30/h1-19H,20H2. The summed E-state index contributed by atoms with van der Waals surface area (Å²) in [6.07, 6.45) is 0. The summed E-state index contributed by atoms with van der Waals surface area (Å²) in [4.78, 5) is 25.8. The van der Waals surface area contributed by atoms with Crippen molar-refractivity contribution in [2.24, 2.45) is 0 Å². The van der Waals surface area contributed by atoms with Gasteiger partial charge in [-0.15, -0.1) is 0 Å². The van der Waals surface area contributed by atoms with E-state index in [0.29, 0.717) is 17.2 Å². The Kier molecular flexibility index (Phi) is 5.53. The Hall–Kier alpha value is -4.35. The zero-order chi connectivity index (χ0) is 23.6. The van der Waals surface area contributed by atoms with Crippen LogP contribution in [0.3, 0.4) is 0 Å². The van der Waals surface area contributed by atoms with E-state index in [4.69, 9.17) is 9.97 Å². The Bertz CT molecular complexity index is 1610. The van der Waals surface area contributed by atoms with Crippen LogP contribution in [0.1, 0.15) is 15.9 Å². The Morgan fingerprint density at radius 3 is 2.14 bits per heavy atom. The Morgan fingerprint density at radius 2 is 1.37 bits per heavy atom. The molecular weight excluding hydrogens is 450 g/mol. The predicted octanol–water partition coefficient (Wildman–Crippen LogP) is 7.36. The number of fused-ring (bicyclic) bond motifs is 2. The van der Waals surface area contributed by atoms with Gasteiger partial charge in [0, 0.05) is 10.9 Å². The molecule has 0 saturated heterocycles. The highest BCUT2D eigenvalue weighted by molar-refractivity contribution is 7.22. The van der Waals surface area contributed by atoms with Gasteiger partial charge in [-0.05, 0) is 29.8 Å².